The zero-order valence-corrected chi connectivity index (χ0v) is 20.5. The molecule has 5 rings (SSSR count). The van der Waals surface area contributed by atoms with Gasteiger partial charge in [0.05, 0.1) is 26.3 Å². The number of anilines is 1. The van der Waals surface area contributed by atoms with Gasteiger partial charge in [0, 0.05) is 36.3 Å². The van der Waals surface area contributed by atoms with Crippen molar-refractivity contribution < 1.29 is 18.8 Å². The molecule has 0 fully saturated rings. The molecule has 0 atom stereocenters. The van der Waals surface area contributed by atoms with Crippen LogP contribution in [-0.4, -0.2) is 45.0 Å². The van der Waals surface area contributed by atoms with Gasteiger partial charge >= 0.3 is 0 Å². The second kappa shape index (κ2) is 10.3. The van der Waals surface area contributed by atoms with Gasteiger partial charge in [0.1, 0.15) is 17.2 Å². The third kappa shape index (κ3) is 5.03. The predicted molar refractivity (Wildman–Crippen MR) is 136 cm³/mol. The number of methoxy groups -OCH3 is 2. The van der Waals surface area contributed by atoms with E-state index >= 15 is 0 Å². The Morgan fingerprint density at radius 3 is 2.62 bits per heavy atom. The van der Waals surface area contributed by atoms with Crippen LogP contribution in [0.5, 0.6) is 11.5 Å². The number of carbonyl (C=O) groups is 1. The first-order valence-corrected chi connectivity index (χ1v) is 11.4. The Morgan fingerprint density at radius 1 is 1.03 bits per heavy atom. The summed E-state index contributed by atoms with van der Waals surface area (Å²) in [7, 11) is 4.90. The summed E-state index contributed by atoms with van der Waals surface area (Å²) in [6, 6.07) is 18.2. The summed E-state index contributed by atoms with van der Waals surface area (Å²) >= 11 is 0. The number of para-hydroxylation sites is 1. The van der Waals surface area contributed by atoms with Gasteiger partial charge in [-0.3, -0.25) is 14.5 Å². The van der Waals surface area contributed by atoms with Crippen molar-refractivity contribution in [1.82, 2.24) is 24.9 Å². The van der Waals surface area contributed by atoms with Crippen molar-refractivity contribution in [1.29, 1.82) is 0 Å². The lowest BCUT2D eigenvalue weighted by molar-refractivity contribution is 0.101. The van der Waals surface area contributed by atoms with Gasteiger partial charge in [0.25, 0.3) is 5.91 Å². The fourth-order valence-corrected chi connectivity index (χ4v) is 3.92. The van der Waals surface area contributed by atoms with E-state index in [1.807, 2.05) is 42.5 Å². The van der Waals surface area contributed by atoms with Gasteiger partial charge < -0.3 is 19.3 Å². The fourth-order valence-electron chi connectivity index (χ4n) is 3.92. The van der Waals surface area contributed by atoms with Crippen molar-refractivity contribution in [3.05, 3.63) is 90.2 Å². The topological polar surface area (TPSA) is 117 Å². The summed E-state index contributed by atoms with van der Waals surface area (Å²) < 4.78 is 17.8. The van der Waals surface area contributed by atoms with Crippen LogP contribution in [0.3, 0.4) is 0 Å². The number of aryl methyl sites for hydroxylation is 1. The van der Waals surface area contributed by atoms with Gasteiger partial charge in [0.2, 0.25) is 11.7 Å². The number of ether oxygens (including phenoxy) is 2. The molecule has 2 aromatic carbocycles. The maximum absolute atomic E-state index is 13.3. The van der Waals surface area contributed by atoms with Crippen molar-refractivity contribution in [2.75, 3.05) is 19.5 Å². The van der Waals surface area contributed by atoms with E-state index < -0.39 is 0 Å². The molecule has 3 heterocycles. The first-order valence-electron chi connectivity index (χ1n) is 11.4. The van der Waals surface area contributed by atoms with E-state index in [0.29, 0.717) is 46.7 Å². The average molecular weight is 497 g/mol. The summed E-state index contributed by atoms with van der Waals surface area (Å²) in [6.45, 7) is 0. The number of amides is 1. The number of nitrogens with zero attached hydrogens (tertiary/aromatic N) is 5. The second-order valence-electron chi connectivity index (χ2n) is 8.14. The molecule has 0 unspecified atom stereocenters. The van der Waals surface area contributed by atoms with Crippen molar-refractivity contribution >= 4 is 11.6 Å². The normalized spacial score (nSPS) is 10.8. The molecule has 3 aromatic heterocycles. The van der Waals surface area contributed by atoms with Gasteiger partial charge in [-0.15, -0.1) is 0 Å². The highest BCUT2D eigenvalue weighted by Gasteiger charge is 2.19. The number of carbonyl (C=O) groups excluding carboxylic acids is 1. The van der Waals surface area contributed by atoms with Gasteiger partial charge in [-0.05, 0) is 48.0 Å². The third-order valence-electron chi connectivity index (χ3n) is 5.81. The van der Waals surface area contributed by atoms with Crippen LogP contribution < -0.4 is 14.8 Å². The molecule has 10 heteroatoms. The zero-order valence-electron chi connectivity index (χ0n) is 20.5. The molecule has 0 saturated carbocycles. The van der Waals surface area contributed by atoms with Crippen LogP contribution >= 0.6 is 0 Å². The number of hydrogen-bond donors (Lipinski definition) is 1. The number of pyridine rings is 1. The highest BCUT2D eigenvalue weighted by molar-refractivity contribution is 6.04. The molecular formula is C27H24N6O4. The van der Waals surface area contributed by atoms with Crippen molar-refractivity contribution in [2.24, 2.45) is 7.05 Å². The molecular weight excluding hydrogens is 472 g/mol. The summed E-state index contributed by atoms with van der Waals surface area (Å²) in [4.78, 5) is 21.8. The lowest BCUT2D eigenvalue weighted by Gasteiger charge is -2.09. The highest BCUT2D eigenvalue weighted by atomic mass is 16.5. The molecule has 5 aromatic rings. The predicted octanol–water partition coefficient (Wildman–Crippen LogP) is 4.39. The van der Waals surface area contributed by atoms with Gasteiger partial charge in [-0.2, -0.15) is 10.1 Å². The number of nitrogens with one attached hydrogen (secondary N) is 1. The Morgan fingerprint density at radius 2 is 1.84 bits per heavy atom. The van der Waals surface area contributed by atoms with Crippen molar-refractivity contribution in [2.45, 2.75) is 6.42 Å². The first-order chi connectivity index (χ1) is 18.1. The smallest absolute Gasteiger partial charge is 0.273 e. The van der Waals surface area contributed by atoms with Crippen LogP contribution in [0.1, 0.15) is 21.9 Å². The molecule has 0 aliphatic rings. The molecule has 10 nitrogen and oxygen atoms in total. The van der Waals surface area contributed by atoms with E-state index in [1.165, 1.54) is 4.68 Å². The summed E-state index contributed by atoms with van der Waals surface area (Å²) in [5.41, 5.74) is 3.97. The fraction of sp³-hybridized carbons (Fsp3) is 0.148. The molecule has 0 bridgehead atoms. The molecule has 1 amide bonds. The minimum Gasteiger partial charge on any atom is -0.497 e. The molecule has 0 aliphatic carbocycles. The van der Waals surface area contributed by atoms with Crippen LogP contribution in [0, 0.1) is 0 Å². The third-order valence-corrected chi connectivity index (χ3v) is 5.81. The minimum atomic E-state index is -0.307. The van der Waals surface area contributed by atoms with Crippen LogP contribution in [0.4, 0.5) is 5.69 Å². The summed E-state index contributed by atoms with van der Waals surface area (Å²) in [5.74, 6) is 1.89. The second-order valence-corrected chi connectivity index (χ2v) is 8.14. The molecule has 0 saturated heterocycles. The Hall–Kier alpha value is -4.99. The van der Waals surface area contributed by atoms with E-state index in [0.717, 1.165) is 16.7 Å². The van der Waals surface area contributed by atoms with Gasteiger partial charge in [-0.25, -0.2) is 0 Å². The first kappa shape index (κ1) is 23.7. The lowest BCUT2D eigenvalue weighted by atomic mass is 10.1. The van der Waals surface area contributed by atoms with E-state index in [1.54, 1.807) is 51.9 Å². The standard InChI is InChI=1S/C27H24N6O4/c1-33-23(16-22(31-33)20-15-19(35-2)8-9-24(20)36-3)27(34)29-21-7-5-4-6-18(21)14-25-30-26(32-37-25)17-10-12-28-13-11-17/h4-13,15-16H,14H2,1-3H3,(H,29,34). The average Bonchev–Trinajstić information content (AvgIpc) is 3.56. The molecule has 0 aliphatic heterocycles. The highest BCUT2D eigenvalue weighted by Crippen LogP contribution is 2.33. The SMILES string of the molecule is COc1ccc(OC)c(-c2cc(C(=O)Nc3ccccc3Cc3nc(-c4ccncc4)no3)n(C)n2)c1. The van der Waals surface area contributed by atoms with Crippen LogP contribution in [-0.2, 0) is 13.5 Å². The quantitative estimate of drug-likeness (QED) is 0.336. The van der Waals surface area contributed by atoms with E-state index in [-0.39, 0.29) is 5.91 Å². The number of benzene rings is 2. The molecule has 37 heavy (non-hydrogen) atoms. The van der Waals surface area contributed by atoms with E-state index in [2.05, 4.69) is 25.5 Å². The Bertz CT molecular complexity index is 1540. The molecule has 0 radical (unpaired) electrons. The minimum absolute atomic E-state index is 0.307. The van der Waals surface area contributed by atoms with Gasteiger partial charge in [0.15, 0.2) is 0 Å². The molecule has 1 N–H and O–H groups in total. The number of aromatic nitrogens is 5. The lowest BCUT2D eigenvalue weighted by Crippen LogP contribution is -2.17. The maximum Gasteiger partial charge on any atom is 0.273 e. The van der Waals surface area contributed by atoms with Crippen LogP contribution in [0.2, 0.25) is 0 Å². The Balaban J connectivity index is 1.37. The van der Waals surface area contributed by atoms with E-state index in [9.17, 15) is 4.79 Å². The van der Waals surface area contributed by atoms with Crippen LogP contribution in [0.15, 0.2) is 77.6 Å². The number of hydrogen-bond acceptors (Lipinski definition) is 8. The monoisotopic (exact) mass is 496 g/mol. The zero-order chi connectivity index (χ0) is 25.8. The largest absolute Gasteiger partial charge is 0.497 e. The van der Waals surface area contributed by atoms with E-state index in [4.69, 9.17) is 14.0 Å². The Labute approximate surface area is 212 Å². The van der Waals surface area contributed by atoms with Crippen molar-refractivity contribution in [3.8, 4) is 34.1 Å². The Kier molecular flexibility index (Phi) is 6.62. The van der Waals surface area contributed by atoms with Crippen LogP contribution in [0.25, 0.3) is 22.6 Å². The van der Waals surface area contributed by atoms with Gasteiger partial charge in [-0.1, -0.05) is 23.4 Å². The maximum atomic E-state index is 13.3. The van der Waals surface area contributed by atoms with Crippen molar-refractivity contribution in [3.63, 3.8) is 0 Å². The summed E-state index contributed by atoms with van der Waals surface area (Å²) in [6.07, 6.45) is 3.70. The molecule has 0 spiro atoms. The molecule has 186 valence electrons. The number of rotatable bonds is 8. The summed E-state index contributed by atoms with van der Waals surface area (Å²) in [5, 5.41) is 11.6.